The van der Waals surface area contributed by atoms with Crippen LogP contribution in [0.3, 0.4) is 0 Å². The zero-order valence-corrected chi connectivity index (χ0v) is 29.2. The van der Waals surface area contributed by atoms with Crippen LogP contribution in [0.15, 0.2) is 138 Å². The van der Waals surface area contributed by atoms with Gasteiger partial charge in [-0.25, -0.2) is 0 Å². The third kappa shape index (κ3) is 3.90. The first-order valence-electron chi connectivity index (χ1n) is 18.3. The fourth-order valence-corrected chi connectivity index (χ4v) is 10.4. The molecule has 6 aromatic carbocycles. The first-order valence-corrected chi connectivity index (χ1v) is 19.1. The average Bonchev–Trinajstić information content (AvgIpc) is 3.95. The molecule has 0 atom stereocenters. The van der Waals surface area contributed by atoms with Crippen LogP contribution in [0.2, 0.25) is 0 Å². The molecule has 4 aromatic heterocycles. The number of allylic oxidation sites excluding steroid dienone is 2. The Morgan fingerprint density at radius 2 is 1.06 bits per heavy atom. The molecule has 0 spiro atoms. The normalized spacial score (nSPS) is 14.1. The molecule has 2 aliphatic rings. The quantitative estimate of drug-likeness (QED) is 0.182. The van der Waals surface area contributed by atoms with Crippen LogP contribution >= 0.6 is 11.3 Å². The zero-order valence-electron chi connectivity index (χ0n) is 28.4. The molecule has 52 heavy (non-hydrogen) atoms. The highest BCUT2D eigenvalue weighted by Gasteiger charge is 2.26. The number of thiophene rings is 1. The Balaban J connectivity index is 1.12. The minimum Gasteiger partial charge on any atom is -0.456 e. The number of aromatic nitrogens is 2. The van der Waals surface area contributed by atoms with E-state index in [0.717, 1.165) is 53.3 Å². The van der Waals surface area contributed by atoms with E-state index in [-0.39, 0.29) is 0 Å². The van der Waals surface area contributed by atoms with Crippen molar-refractivity contribution in [3.05, 3.63) is 156 Å². The first kappa shape index (κ1) is 28.6. The molecule has 2 aliphatic carbocycles. The summed E-state index contributed by atoms with van der Waals surface area (Å²) in [4.78, 5) is 0. The van der Waals surface area contributed by atoms with Gasteiger partial charge in [0.2, 0.25) is 0 Å². The Labute approximate surface area is 303 Å². The summed E-state index contributed by atoms with van der Waals surface area (Å²) >= 11 is 1.88. The number of benzene rings is 6. The van der Waals surface area contributed by atoms with Crippen LogP contribution in [0, 0.1) is 0 Å². The maximum atomic E-state index is 6.23. The van der Waals surface area contributed by atoms with Crippen molar-refractivity contribution in [3.8, 4) is 22.5 Å². The number of nitrogens with zero attached hydrogens (tertiary/aromatic N) is 2. The van der Waals surface area contributed by atoms with Crippen LogP contribution in [0.1, 0.15) is 35.4 Å². The van der Waals surface area contributed by atoms with Crippen LogP contribution < -0.4 is 0 Å². The average molecular weight is 685 g/mol. The third-order valence-corrected chi connectivity index (χ3v) is 12.6. The van der Waals surface area contributed by atoms with Gasteiger partial charge in [0.15, 0.2) is 0 Å². The van der Waals surface area contributed by atoms with Gasteiger partial charge in [-0.1, -0.05) is 72.8 Å². The molecule has 12 rings (SSSR count). The molecule has 0 saturated carbocycles. The molecule has 3 nitrogen and oxygen atoms in total. The predicted molar refractivity (Wildman–Crippen MR) is 220 cm³/mol. The van der Waals surface area contributed by atoms with Gasteiger partial charge in [-0.2, -0.15) is 0 Å². The van der Waals surface area contributed by atoms with E-state index in [0.29, 0.717) is 0 Å². The molecule has 246 valence electrons. The highest BCUT2D eigenvalue weighted by molar-refractivity contribution is 7.25. The van der Waals surface area contributed by atoms with Crippen molar-refractivity contribution in [1.82, 2.24) is 9.13 Å². The van der Waals surface area contributed by atoms with E-state index in [4.69, 9.17) is 4.42 Å². The summed E-state index contributed by atoms with van der Waals surface area (Å²) < 4.78 is 13.9. The highest BCUT2D eigenvalue weighted by Crippen LogP contribution is 2.46. The molecule has 0 bridgehead atoms. The van der Waals surface area contributed by atoms with Crippen molar-refractivity contribution in [2.75, 3.05) is 0 Å². The third-order valence-electron chi connectivity index (χ3n) is 11.5. The SMILES string of the molecule is C1=Cc2c(c3c(-c4cccc5c4c4c(n5-c5ccc6sc7ccccc7c6c5)C=CCC4)cccc3n2-c2ccc3oc4ccccc4c3c2)CC1. The number of hydrogen-bond donors (Lipinski definition) is 0. The first-order chi connectivity index (χ1) is 25.8. The molecule has 0 N–H and O–H groups in total. The molecule has 4 heteroatoms. The molecule has 0 saturated heterocycles. The van der Waals surface area contributed by atoms with Crippen molar-refractivity contribution in [2.24, 2.45) is 0 Å². The second-order valence-corrected chi connectivity index (χ2v) is 15.3. The van der Waals surface area contributed by atoms with E-state index < -0.39 is 0 Å². The lowest BCUT2D eigenvalue weighted by Crippen LogP contribution is -2.00. The molecule has 10 aromatic rings. The van der Waals surface area contributed by atoms with Crippen molar-refractivity contribution >= 4 is 87.4 Å². The van der Waals surface area contributed by atoms with Crippen molar-refractivity contribution in [3.63, 3.8) is 0 Å². The van der Waals surface area contributed by atoms with Crippen LogP contribution in [0.25, 0.3) is 98.6 Å². The molecule has 0 fully saturated rings. The van der Waals surface area contributed by atoms with E-state index in [2.05, 4.69) is 149 Å². The molecular weight excluding hydrogens is 653 g/mol. The lowest BCUT2D eigenvalue weighted by atomic mass is 9.90. The predicted octanol–water partition coefficient (Wildman–Crippen LogP) is 13.4. The summed E-state index contributed by atoms with van der Waals surface area (Å²) in [5, 5.41) is 7.72. The number of hydrogen-bond acceptors (Lipinski definition) is 2. The molecule has 0 unspecified atom stereocenters. The van der Waals surface area contributed by atoms with E-state index in [1.54, 1.807) is 0 Å². The second-order valence-electron chi connectivity index (χ2n) is 14.2. The second kappa shape index (κ2) is 10.7. The van der Waals surface area contributed by atoms with E-state index in [1.165, 1.54) is 81.3 Å². The minimum atomic E-state index is 0.924. The van der Waals surface area contributed by atoms with Crippen molar-refractivity contribution in [2.45, 2.75) is 25.7 Å². The maximum Gasteiger partial charge on any atom is 0.135 e. The summed E-state index contributed by atoms with van der Waals surface area (Å²) in [5.74, 6) is 0. The summed E-state index contributed by atoms with van der Waals surface area (Å²) in [5.41, 5.74) is 14.9. The Morgan fingerprint density at radius 3 is 1.77 bits per heavy atom. The number of aryl methyl sites for hydroxylation is 2. The highest BCUT2D eigenvalue weighted by atomic mass is 32.1. The Morgan fingerprint density at radius 1 is 0.481 bits per heavy atom. The topological polar surface area (TPSA) is 23.0 Å². The van der Waals surface area contributed by atoms with Gasteiger partial charge in [0.25, 0.3) is 0 Å². The summed E-state index contributed by atoms with van der Waals surface area (Å²) in [6.07, 6.45) is 13.5. The van der Waals surface area contributed by atoms with Gasteiger partial charge in [-0.05, 0) is 121 Å². The van der Waals surface area contributed by atoms with Gasteiger partial charge in [0, 0.05) is 64.5 Å². The fraction of sp³-hybridized carbons (Fsp3) is 0.0833. The Bertz CT molecular complexity index is 2980. The molecule has 4 heterocycles. The van der Waals surface area contributed by atoms with Crippen LogP contribution in [-0.2, 0) is 12.8 Å². The molecule has 0 amide bonds. The smallest absolute Gasteiger partial charge is 0.135 e. The van der Waals surface area contributed by atoms with Gasteiger partial charge in [0.1, 0.15) is 11.2 Å². The standard InChI is InChI=1S/C48H32N2OS/c1-5-17-39-35(13-1)47-33(15-9-19-41(47)49(39)29-23-25-44-37(27-29)31-11-3-7-21-43(31)51-44)34-16-10-20-42-48(34)36-14-2-6-18-40(36)50(42)30-24-26-46-38(28-30)32-12-4-8-22-45(32)52-46/h3-12,15-28H,1-2,13-14H2. The van der Waals surface area contributed by atoms with Crippen LogP contribution in [-0.4, -0.2) is 9.13 Å². The molecule has 0 radical (unpaired) electrons. The number of furan rings is 1. The Hall–Kier alpha value is -6.10. The number of para-hydroxylation sites is 1. The van der Waals surface area contributed by atoms with Crippen LogP contribution in [0.4, 0.5) is 0 Å². The van der Waals surface area contributed by atoms with Gasteiger partial charge < -0.3 is 13.6 Å². The molecule has 0 aliphatic heterocycles. The summed E-state index contributed by atoms with van der Waals surface area (Å²) in [7, 11) is 0. The van der Waals surface area contributed by atoms with Gasteiger partial charge in [-0.3, -0.25) is 0 Å². The van der Waals surface area contributed by atoms with E-state index in [9.17, 15) is 0 Å². The lowest BCUT2D eigenvalue weighted by Gasteiger charge is -2.12. The minimum absolute atomic E-state index is 0.924. The monoisotopic (exact) mass is 684 g/mol. The Kier molecular flexibility index (Phi) is 5.88. The lowest BCUT2D eigenvalue weighted by molar-refractivity contribution is 0.669. The van der Waals surface area contributed by atoms with Crippen molar-refractivity contribution in [1.29, 1.82) is 0 Å². The molecular formula is C48H32N2OS. The van der Waals surface area contributed by atoms with Crippen molar-refractivity contribution < 1.29 is 4.42 Å². The maximum absolute atomic E-state index is 6.23. The summed E-state index contributed by atoms with van der Waals surface area (Å²) in [6.45, 7) is 0. The fourth-order valence-electron chi connectivity index (χ4n) is 9.29. The van der Waals surface area contributed by atoms with E-state index in [1.807, 2.05) is 17.4 Å². The number of fused-ring (bicyclic) bond motifs is 12. The van der Waals surface area contributed by atoms with Gasteiger partial charge in [0.05, 0.1) is 11.0 Å². The zero-order chi connectivity index (χ0) is 33.9. The van der Waals surface area contributed by atoms with Gasteiger partial charge in [-0.15, -0.1) is 11.3 Å². The number of rotatable bonds is 3. The van der Waals surface area contributed by atoms with Crippen LogP contribution in [0.5, 0.6) is 0 Å². The summed E-state index contributed by atoms with van der Waals surface area (Å²) in [6, 6.07) is 44.7. The largest absolute Gasteiger partial charge is 0.456 e. The van der Waals surface area contributed by atoms with E-state index >= 15 is 0 Å². The van der Waals surface area contributed by atoms with Gasteiger partial charge >= 0.3 is 0 Å².